The first-order valence-electron chi connectivity index (χ1n) is 6.90. The van der Waals surface area contributed by atoms with Crippen LogP contribution in [-0.4, -0.2) is 4.21 Å². The summed E-state index contributed by atoms with van der Waals surface area (Å²) in [5, 5.41) is 0.524. The maximum absolute atomic E-state index is 13.7. The molecule has 0 saturated heterocycles. The van der Waals surface area contributed by atoms with Gasteiger partial charge in [-0.3, -0.25) is 0 Å². The Morgan fingerprint density at radius 2 is 1.45 bits per heavy atom. The normalized spacial score (nSPS) is 19.0. The highest BCUT2D eigenvalue weighted by Crippen LogP contribution is 2.46. The van der Waals surface area contributed by atoms with E-state index in [1.165, 1.54) is 0 Å². The van der Waals surface area contributed by atoms with E-state index in [0.29, 0.717) is 15.6 Å². The Morgan fingerprint density at radius 3 is 2.27 bits per heavy atom. The Balaban J connectivity index is 2.17. The molecule has 0 aromatic heterocycles. The molecule has 4 heteroatoms. The summed E-state index contributed by atoms with van der Waals surface area (Å²) in [5.74, 6) is 0. The zero-order valence-corrected chi connectivity index (χ0v) is 13.1. The maximum atomic E-state index is 13.7. The van der Waals surface area contributed by atoms with Gasteiger partial charge in [0.1, 0.15) is 15.4 Å². The van der Waals surface area contributed by atoms with Crippen LogP contribution < -0.4 is 0 Å². The van der Waals surface area contributed by atoms with Crippen LogP contribution in [0.1, 0.15) is 0 Å². The van der Waals surface area contributed by atoms with Crippen LogP contribution in [0, 0.1) is 0 Å². The van der Waals surface area contributed by atoms with Crippen LogP contribution in [0.2, 0.25) is 5.02 Å². The predicted molar refractivity (Wildman–Crippen MR) is 90.1 cm³/mol. The van der Waals surface area contributed by atoms with Gasteiger partial charge in [0.25, 0.3) is 0 Å². The van der Waals surface area contributed by atoms with Gasteiger partial charge in [-0.25, -0.2) is 4.21 Å². The highest BCUT2D eigenvalue weighted by molar-refractivity contribution is 7.94. The van der Waals surface area contributed by atoms with Gasteiger partial charge >= 0.3 is 0 Å². The molecule has 0 fully saturated rings. The number of nitrogens with zero attached hydrogens (tertiary/aromatic N) is 1. The zero-order chi connectivity index (χ0) is 15.2. The van der Waals surface area contributed by atoms with Crippen LogP contribution in [-0.2, 0) is 9.73 Å². The lowest BCUT2D eigenvalue weighted by molar-refractivity contribution is 0.676. The van der Waals surface area contributed by atoms with Gasteiger partial charge in [-0.2, -0.15) is 4.36 Å². The topological polar surface area (TPSA) is 29.4 Å². The van der Waals surface area contributed by atoms with Crippen LogP contribution in [0.5, 0.6) is 0 Å². The van der Waals surface area contributed by atoms with E-state index < -0.39 is 9.73 Å². The molecule has 1 aliphatic heterocycles. The van der Waals surface area contributed by atoms with Crippen molar-refractivity contribution in [2.45, 2.75) is 9.79 Å². The molecule has 1 aliphatic rings. The smallest absolute Gasteiger partial charge is 0.109 e. The third kappa shape index (κ3) is 1.90. The van der Waals surface area contributed by atoms with Crippen LogP contribution in [0.3, 0.4) is 0 Å². The summed E-state index contributed by atoms with van der Waals surface area (Å²) >= 11 is 6.30. The van der Waals surface area contributed by atoms with E-state index >= 15 is 0 Å². The van der Waals surface area contributed by atoms with E-state index in [0.717, 1.165) is 16.0 Å². The fourth-order valence-electron chi connectivity index (χ4n) is 2.72. The van der Waals surface area contributed by atoms with E-state index in [1.54, 1.807) is 6.07 Å². The van der Waals surface area contributed by atoms with Gasteiger partial charge in [-0.15, -0.1) is 0 Å². The van der Waals surface area contributed by atoms with Crippen molar-refractivity contribution >= 4 is 27.0 Å². The largest absolute Gasteiger partial charge is 0.239 e. The molecule has 0 saturated carbocycles. The van der Waals surface area contributed by atoms with Crippen LogP contribution >= 0.6 is 11.6 Å². The molecule has 0 N–H and O–H groups in total. The highest BCUT2D eigenvalue weighted by atomic mass is 35.5. The zero-order valence-electron chi connectivity index (χ0n) is 11.6. The summed E-state index contributed by atoms with van der Waals surface area (Å²) < 4.78 is 18.3. The van der Waals surface area contributed by atoms with Crippen molar-refractivity contribution in [2.24, 2.45) is 4.36 Å². The summed E-state index contributed by atoms with van der Waals surface area (Å²) in [7, 11) is -2.72. The van der Waals surface area contributed by atoms with Crippen LogP contribution in [0.25, 0.3) is 11.1 Å². The quantitative estimate of drug-likeness (QED) is 0.452. The molecular weight excluding hydrogens is 314 g/mol. The highest BCUT2D eigenvalue weighted by Gasteiger charge is 2.27. The average Bonchev–Trinajstić information content (AvgIpc) is 2.57. The SMILES string of the molecule is O=S1(c2ccccc2)=Nc2c(Cl)cccc2-c2ccccc21. The van der Waals surface area contributed by atoms with Crippen molar-refractivity contribution in [1.82, 2.24) is 0 Å². The van der Waals surface area contributed by atoms with Gasteiger partial charge in [-0.1, -0.05) is 60.1 Å². The molecule has 0 radical (unpaired) electrons. The molecule has 2 nitrogen and oxygen atoms in total. The Morgan fingerprint density at radius 1 is 0.773 bits per heavy atom. The number of rotatable bonds is 1. The fraction of sp³-hybridized carbons (Fsp3) is 0. The second-order valence-corrected chi connectivity index (χ2v) is 7.62. The van der Waals surface area contributed by atoms with Crippen molar-refractivity contribution < 1.29 is 4.21 Å². The Hall–Kier alpha value is -2.10. The van der Waals surface area contributed by atoms with E-state index in [1.807, 2.05) is 66.7 Å². The first-order chi connectivity index (χ1) is 10.7. The van der Waals surface area contributed by atoms with Gasteiger partial charge < -0.3 is 0 Å². The van der Waals surface area contributed by atoms with E-state index in [2.05, 4.69) is 4.36 Å². The number of hydrogen-bond acceptors (Lipinski definition) is 2. The minimum atomic E-state index is -2.72. The summed E-state index contributed by atoms with van der Waals surface area (Å²) in [5.41, 5.74) is 2.47. The lowest BCUT2D eigenvalue weighted by atomic mass is 10.0. The molecule has 3 aromatic rings. The Bertz CT molecular complexity index is 989. The molecular formula is C18H12ClNOS. The van der Waals surface area contributed by atoms with Crippen LogP contribution in [0.15, 0.2) is 87.0 Å². The van der Waals surface area contributed by atoms with Crippen molar-refractivity contribution in [3.05, 3.63) is 77.8 Å². The van der Waals surface area contributed by atoms with Gasteiger partial charge in [-0.05, 0) is 24.3 Å². The van der Waals surface area contributed by atoms with Crippen LogP contribution in [0.4, 0.5) is 5.69 Å². The first-order valence-corrected chi connectivity index (χ1v) is 8.80. The van der Waals surface area contributed by atoms with E-state index in [9.17, 15) is 4.21 Å². The number of halogens is 1. The number of fused-ring (bicyclic) bond motifs is 3. The molecule has 22 heavy (non-hydrogen) atoms. The summed E-state index contributed by atoms with van der Waals surface area (Å²) in [4.78, 5) is 1.45. The molecule has 1 unspecified atom stereocenters. The second-order valence-electron chi connectivity index (χ2n) is 5.06. The van der Waals surface area contributed by atoms with Crippen molar-refractivity contribution in [3.8, 4) is 11.1 Å². The molecule has 108 valence electrons. The molecule has 0 amide bonds. The number of benzene rings is 3. The molecule has 1 atom stereocenters. The average molecular weight is 326 g/mol. The van der Waals surface area contributed by atoms with E-state index in [-0.39, 0.29) is 0 Å². The van der Waals surface area contributed by atoms with E-state index in [4.69, 9.17) is 11.6 Å². The molecule has 1 heterocycles. The lowest BCUT2D eigenvalue weighted by Gasteiger charge is -2.22. The molecule has 0 aliphatic carbocycles. The van der Waals surface area contributed by atoms with Gasteiger partial charge in [0.15, 0.2) is 0 Å². The molecule has 0 bridgehead atoms. The lowest BCUT2D eigenvalue weighted by Crippen LogP contribution is -2.07. The van der Waals surface area contributed by atoms with Gasteiger partial charge in [0.05, 0.1) is 14.8 Å². The summed E-state index contributed by atoms with van der Waals surface area (Å²) in [6, 6.07) is 22.7. The third-order valence-corrected chi connectivity index (χ3v) is 6.35. The number of hydrogen-bond donors (Lipinski definition) is 0. The standard InChI is InChI=1S/C18H12ClNOS/c19-16-11-6-10-15-14-9-4-5-12-17(14)22(21,20-18(15)16)13-7-2-1-3-8-13/h1-12H. The van der Waals surface area contributed by atoms with Gasteiger partial charge in [0.2, 0.25) is 0 Å². The predicted octanol–water partition coefficient (Wildman–Crippen LogP) is 5.54. The fourth-order valence-corrected chi connectivity index (χ4v) is 5.16. The maximum Gasteiger partial charge on any atom is 0.109 e. The Kier molecular flexibility index (Phi) is 3.06. The van der Waals surface area contributed by atoms with Crippen molar-refractivity contribution in [2.75, 3.05) is 0 Å². The monoisotopic (exact) mass is 325 g/mol. The second kappa shape index (κ2) is 4.97. The van der Waals surface area contributed by atoms with Gasteiger partial charge in [0, 0.05) is 11.1 Å². The molecule has 0 spiro atoms. The minimum absolute atomic E-state index is 0.524. The first kappa shape index (κ1) is 13.6. The summed E-state index contributed by atoms with van der Waals surface area (Å²) in [6.07, 6.45) is 0. The summed E-state index contributed by atoms with van der Waals surface area (Å²) in [6.45, 7) is 0. The molecule has 4 rings (SSSR count). The minimum Gasteiger partial charge on any atom is -0.239 e. The van der Waals surface area contributed by atoms with Crippen molar-refractivity contribution in [3.63, 3.8) is 0 Å². The van der Waals surface area contributed by atoms with Crippen molar-refractivity contribution in [1.29, 1.82) is 0 Å². The Labute approximate surface area is 134 Å². The third-order valence-electron chi connectivity index (χ3n) is 3.74. The molecule has 3 aromatic carbocycles.